The minimum Gasteiger partial charge on any atom is -0.349 e. The fourth-order valence-electron chi connectivity index (χ4n) is 3.03. The molecule has 1 aromatic heterocycles. The van der Waals surface area contributed by atoms with Gasteiger partial charge in [0.05, 0.1) is 10.9 Å². The number of anilines is 1. The predicted octanol–water partition coefficient (Wildman–Crippen LogP) is 2.97. The Morgan fingerprint density at radius 2 is 1.84 bits per heavy atom. The molecule has 0 bridgehead atoms. The van der Waals surface area contributed by atoms with Gasteiger partial charge in [-0.05, 0) is 43.3 Å². The van der Waals surface area contributed by atoms with Gasteiger partial charge in [-0.15, -0.1) is 11.3 Å². The van der Waals surface area contributed by atoms with Crippen LogP contribution in [0.2, 0.25) is 0 Å². The molecule has 25 heavy (non-hydrogen) atoms. The summed E-state index contributed by atoms with van der Waals surface area (Å²) in [6.45, 7) is 3.54. The number of hydrogen-bond acceptors (Lipinski definition) is 4. The number of amides is 2. The van der Waals surface area contributed by atoms with Gasteiger partial charge in [-0.25, -0.2) is 0 Å². The minimum absolute atomic E-state index is 0.00307. The number of thiophene rings is 1. The first kappa shape index (κ1) is 17.6. The molecule has 1 aromatic carbocycles. The highest BCUT2D eigenvalue weighted by Crippen LogP contribution is 2.16. The Bertz CT molecular complexity index is 695. The van der Waals surface area contributed by atoms with Crippen LogP contribution in [0.1, 0.15) is 29.4 Å². The molecule has 0 radical (unpaired) electrons. The number of carbonyl (C=O) groups excluding carboxylic acids is 2. The van der Waals surface area contributed by atoms with E-state index in [1.54, 1.807) is 0 Å². The molecule has 5 nitrogen and oxygen atoms in total. The first-order valence-electron chi connectivity index (χ1n) is 8.58. The number of hydrogen-bond donors (Lipinski definition) is 2. The lowest BCUT2D eigenvalue weighted by atomic mass is 10.0. The Balaban J connectivity index is 1.46. The van der Waals surface area contributed by atoms with Crippen molar-refractivity contribution >= 4 is 28.8 Å². The normalized spacial score (nSPS) is 17.0. The Kier molecular flexibility index (Phi) is 5.83. The molecule has 1 saturated heterocycles. The molecule has 0 saturated carbocycles. The highest BCUT2D eigenvalue weighted by molar-refractivity contribution is 7.12. The molecule has 0 spiro atoms. The van der Waals surface area contributed by atoms with Crippen LogP contribution in [0.4, 0.5) is 5.69 Å². The zero-order valence-corrected chi connectivity index (χ0v) is 15.1. The van der Waals surface area contributed by atoms with Gasteiger partial charge >= 0.3 is 0 Å². The number of piperidine rings is 1. The van der Waals surface area contributed by atoms with Crippen molar-refractivity contribution in [2.45, 2.75) is 31.8 Å². The molecular formula is C19H23N3O2S. The van der Waals surface area contributed by atoms with E-state index in [2.05, 4.69) is 15.5 Å². The maximum atomic E-state index is 12.4. The molecule has 3 rings (SSSR count). The van der Waals surface area contributed by atoms with Crippen molar-refractivity contribution in [1.82, 2.24) is 10.2 Å². The maximum absolute atomic E-state index is 12.4. The van der Waals surface area contributed by atoms with Crippen LogP contribution >= 0.6 is 11.3 Å². The summed E-state index contributed by atoms with van der Waals surface area (Å²) in [5.74, 6) is 0.00981. The van der Waals surface area contributed by atoms with Gasteiger partial charge in [-0.1, -0.05) is 24.3 Å². The van der Waals surface area contributed by atoms with Gasteiger partial charge < -0.3 is 10.6 Å². The zero-order chi connectivity index (χ0) is 17.6. The zero-order valence-electron chi connectivity index (χ0n) is 14.3. The van der Waals surface area contributed by atoms with Gasteiger partial charge in [0, 0.05) is 24.8 Å². The number of para-hydroxylation sites is 1. The van der Waals surface area contributed by atoms with Gasteiger partial charge in [0.15, 0.2) is 0 Å². The highest BCUT2D eigenvalue weighted by Gasteiger charge is 2.27. The first-order chi connectivity index (χ1) is 12.1. The summed E-state index contributed by atoms with van der Waals surface area (Å²) < 4.78 is 0. The van der Waals surface area contributed by atoms with Gasteiger partial charge in [0.25, 0.3) is 5.91 Å². The fraction of sp³-hybridized carbons (Fsp3) is 0.368. The molecule has 0 aliphatic carbocycles. The summed E-state index contributed by atoms with van der Waals surface area (Å²) in [5.41, 5.74) is 0.817. The second kappa shape index (κ2) is 8.27. The van der Waals surface area contributed by atoms with Crippen molar-refractivity contribution in [3.63, 3.8) is 0 Å². The Morgan fingerprint density at radius 3 is 2.48 bits per heavy atom. The van der Waals surface area contributed by atoms with E-state index in [-0.39, 0.29) is 23.9 Å². The number of carbonyl (C=O) groups is 2. The lowest BCUT2D eigenvalue weighted by Crippen LogP contribution is -2.50. The highest BCUT2D eigenvalue weighted by atomic mass is 32.1. The van der Waals surface area contributed by atoms with Crippen molar-refractivity contribution in [1.29, 1.82) is 0 Å². The average molecular weight is 357 g/mol. The number of likely N-dealkylation sites (tertiary alicyclic amines) is 1. The summed E-state index contributed by atoms with van der Waals surface area (Å²) in [5, 5.41) is 7.95. The molecule has 1 aliphatic heterocycles. The van der Waals surface area contributed by atoms with E-state index in [1.165, 1.54) is 11.3 Å². The standard InChI is InChI=1S/C19H23N3O2S/c1-14(18(23)20-15-6-3-2-4-7-15)22-11-9-16(10-12-22)21-19(24)17-8-5-13-25-17/h2-8,13-14,16H,9-12H2,1H3,(H,20,23)(H,21,24). The number of nitrogens with one attached hydrogen (secondary N) is 2. The summed E-state index contributed by atoms with van der Waals surface area (Å²) in [6, 6.07) is 13.2. The van der Waals surface area contributed by atoms with Crippen LogP contribution in [0.25, 0.3) is 0 Å². The van der Waals surface area contributed by atoms with E-state index >= 15 is 0 Å². The van der Waals surface area contributed by atoms with E-state index in [0.717, 1.165) is 36.5 Å². The Hall–Kier alpha value is -2.18. The van der Waals surface area contributed by atoms with Crippen LogP contribution in [-0.2, 0) is 4.79 Å². The van der Waals surface area contributed by atoms with Crippen LogP contribution in [0.5, 0.6) is 0 Å². The molecule has 1 aliphatic rings. The minimum atomic E-state index is -0.186. The van der Waals surface area contributed by atoms with Crippen LogP contribution in [0.15, 0.2) is 47.8 Å². The van der Waals surface area contributed by atoms with Crippen LogP contribution in [-0.4, -0.2) is 41.9 Å². The number of rotatable bonds is 5. The monoisotopic (exact) mass is 357 g/mol. The van der Waals surface area contributed by atoms with Crippen molar-refractivity contribution in [2.24, 2.45) is 0 Å². The van der Waals surface area contributed by atoms with E-state index in [0.29, 0.717) is 0 Å². The molecule has 6 heteroatoms. The van der Waals surface area contributed by atoms with Gasteiger partial charge in [0.1, 0.15) is 0 Å². The molecule has 2 N–H and O–H groups in total. The van der Waals surface area contributed by atoms with Crippen molar-refractivity contribution in [3.8, 4) is 0 Å². The van der Waals surface area contributed by atoms with Crippen LogP contribution in [0.3, 0.4) is 0 Å². The van der Waals surface area contributed by atoms with E-state index in [4.69, 9.17) is 0 Å². The van der Waals surface area contributed by atoms with Crippen molar-refractivity contribution < 1.29 is 9.59 Å². The quantitative estimate of drug-likeness (QED) is 0.865. The molecule has 2 aromatic rings. The van der Waals surface area contributed by atoms with Gasteiger partial charge in [-0.3, -0.25) is 14.5 Å². The molecule has 1 fully saturated rings. The second-order valence-corrected chi connectivity index (χ2v) is 7.24. The lowest BCUT2D eigenvalue weighted by Gasteiger charge is -2.35. The maximum Gasteiger partial charge on any atom is 0.261 e. The third kappa shape index (κ3) is 4.67. The molecule has 2 heterocycles. The summed E-state index contributed by atoms with van der Waals surface area (Å²) in [7, 11) is 0. The topological polar surface area (TPSA) is 61.4 Å². The Labute approximate surface area is 152 Å². The molecule has 1 atom stereocenters. The third-order valence-corrected chi connectivity index (χ3v) is 5.45. The lowest BCUT2D eigenvalue weighted by molar-refractivity contribution is -0.121. The second-order valence-electron chi connectivity index (χ2n) is 6.29. The van der Waals surface area contributed by atoms with Crippen molar-refractivity contribution in [2.75, 3.05) is 18.4 Å². The first-order valence-corrected chi connectivity index (χ1v) is 9.46. The summed E-state index contributed by atoms with van der Waals surface area (Å²) in [4.78, 5) is 27.4. The number of nitrogens with zero attached hydrogens (tertiary/aromatic N) is 1. The van der Waals surface area contributed by atoms with Gasteiger partial charge in [0.2, 0.25) is 5.91 Å². The SMILES string of the molecule is CC(C(=O)Nc1ccccc1)N1CCC(NC(=O)c2cccs2)CC1. The smallest absolute Gasteiger partial charge is 0.261 e. The van der Waals surface area contributed by atoms with Crippen molar-refractivity contribution in [3.05, 3.63) is 52.7 Å². The molecular weight excluding hydrogens is 334 g/mol. The summed E-state index contributed by atoms with van der Waals surface area (Å²) in [6.07, 6.45) is 1.72. The molecule has 1 unspecified atom stereocenters. The Morgan fingerprint density at radius 1 is 1.12 bits per heavy atom. The average Bonchev–Trinajstić information content (AvgIpc) is 3.17. The largest absolute Gasteiger partial charge is 0.349 e. The molecule has 2 amide bonds. The van der Waals surface area contributed by atoms with Crippen LogP contribution in [0, 0.1) is 0 Å². The third-order valence-electron chi connectivity index (χ3n) is 4.58. The van der Waals surface area contributed by atoms with E-state index in [9.17, 15) is 9.59 Å². The van der Waals surface area contributed by atoms with Crippen LogP contribution < -0.4 is 10.6 Å². The van der Waals surface area contributed by atoms with E-state index in [1.807, 2.05) is 54.8 Å². The summed E-state index contributed by atoms with van der Waals surface area (Å²) >= 11 is 1.45. The molecule has 132 valence electrons. The fourth-order valence-corrected chi connectivity index (χ4v) is 3.66. The van der Waals surface area contributed by atoms with Gasteiger partial charge in [-0.2, -0.15) is 0 Å². The predicted molar refractivity (Wildman–Crippen MR) is 101 cm³/mol. The van der Waals surface area contributed by atoms with E-state index < -0.39 is 0 Å². The number of benzene rings is 1.